The first-order valence-electron chi connectivity index (χ1n) is 14.0. The van der Waals surface area contributed by atoms with Crippen LogP contribution in [0.4, 0.5) is 4.39 Å². The smallest absolute Gasteiger partial charge is 0.168 e. The molecule has 0 unspecified atom stereocenters. The summed E-state index contributed by atoms with van der Waals surface area (Å²) in [5.74, 6) is 3.84. The summed E-state index contributed by atoms with van der Waals surface area (Å²) in [6.07, 6.45) is 19.6. The molecule has 0 aromatic heterocycles. The lowest BCUT2D eigenvalue weighted by atomic mass is 9.68. The summed E-state index contributed by atoms with van der Waals surface area (Å²) in [4.78, 5) is 12.6. The van der Waals surface area contributed by atoms with Crippen molar-refractivity contribution in [3.05, 3.63) is 29.1 Å². The molecule has 1 aromatic carbocycles. The van der Waals surface area contributed by atoms with Gasteiger partial charge in [-0.2, -0.15) is 0 Å². The zero-order valence-corrected chi connectivity index (χ0v) is 21.5. The van der Waals surface area contributed by atoms with E-state index in [1.165, 1.54) is 77.0 Å². The molecule has 0 N–H and O–H groups in total. The van der Waals surface area contributed by atoms with Crippen molar-refractivity contribution < 1.29 is 13.9 Å². The molecule has 0 radical (unpaired) electrons. The zero-order valence-electron chi connectivity index (χ0n) is 21.5. The minimum absolute atomic E-state index is 0.0589. The topological polar surface area (TPSA) is 26.3 Å². The van der Waals surface area contributed by atoms with Crippen LogP contribution < -0.4 is 4.74 Å². The van der Waals surface area contributed by atoms with Gasteiger partial charge in [0, 0.05) is 12.0 Å². The fourth-order valence-electron chi connectivity index (χ4n) is 6.56. The van der Waals surface area contributed by atoms with Gasteiger partial charge >= 0.3 is 0 Å². The van der Waals surface area contributed by atoms with Crippen molar-refractivity contribution in [1.29, 1.82) is 0 Å². The lowest BCUT2D eigenvalue weighted by molar-refractivity contribution is 0.0977. The second kappa shape index (κ2) is 13.5. The van der Waals surface area contributed by atoms with Crippen molar-refractivity contribution in [1.82, 2.24) is 0 Å². The summed E-state index contributed by atoms with van der Waals surface area (Å²) < 4.78 is 19.7. The Morgan fingerprint density at radius 1 is 0.879 bits per heavy atom. The van der Waals surface area contributed by atoms with Gasteiger partial charge < -0.3 is 4.74 Å². The van der Waals surface area contributed by atoms with Crippen molar-refractivity contribution >= 4 is 5.78 Å². The Kier molecular flexibility index (Phi) is 10.7. The van der Waals surface area contributed by atoms with Gasteiger partial charge in [-0.1, -0.05) is 64.7 Å². The maximum absolute atomic E-state index is 14.4. The van der Waals surface area contributed by atoms with Gasteiger partial charge in [-0.25, -0.2) is 4.39 Å². The number of unbranched alkanes of at least 4 members (excludes halogenated alkanes) is 2. The second-order valence-electron chi connectivity index (χ2n) is 10.9. The third-order valence-corrected chi connectivity index (χ3v) is 8.61. The van der Waals surface area contributed by atoms with Crippen molar-refractivity contribution in [2.45, 2.75) is 117 Å². The van der Waals surface area contributed by atoms with E-state index in [4.69, 9.17) is 4.74 Å². The number of halogens is 1. The highest BCUT2D eigenvalue weighted by molar-refractivity contribution is 5.97. The highest BCUT2D eigenvalue weighted by Gasteiger charge is 2.30. The Morgan fingerprint density at radius 2 is 1.48 bits per heavy atom. The van der Waals surface area contributed by atoms with Gasteiger partial charge in [0.05, 0.1) is 6.61 Å². The molecule has 2 aliphatic carbocycles. The molecule has 0 aliphatic heterocycles. The van der Waals surface area contributed by atoms with E-state index in [0.717, 1.165) is 36.5 Å². The number of ether oxygens (including phenoxy) is 1. The number of carbonyl (C=O) groups is 1. The predicted molar refractivity (Wildman–Crippen MR) is 136 cm³/mol. The Balaban J connectivity index is 1.29. The van der Waals surface area contributed by atoms with Crippen LogP contribution in [0, 0.1) is 36.4 Å². The first kappa shape index (κ1) is 26.2. The molecule has 0 amide bonds. The molecule has 0 saturated heterocycles. The summed E-state index contributed by atoms with van der Waals surface area (Å²) >= 11 is 0. The van der Waals surface area contributed by atoms with Gasteiger partial charge in [0.2, 0.25) is 0 Å². The average Bonchev–Trinajstić information content (AvgIpc) is 2.83. The molecule has 2 fully saturated rings. The highest BCUT2D eigenvalue weighted by atomic mass is 19.1. The average molecular weight is 459 g/mol. The van der Waals surface area contributed by atoms with Crippen molar-refractivity contribution in [3.8, 4) is 5.75 Å². The first-order valence-corrected chi connectivity index (χ1v) is 14.0. The number of ketones is 1. The molecule has 2 aliphatic rings. The maximum Gasteiger partial charge on any atom is 0.168 e. The first-order chi connectivity index (χ1) is 16.0. The van der Waals surface area contributed by atoms with E-state index in [1.807, 2.05) is 6.92 Å². The van der Waals surface area contributed by atoms with Gasteiger partial charge in [0.25, 0.3) is 0 Å². The quantitative estimate of drug-likeness (QED) is 0.231. The Hall–Kier alpha value is -1.38. The number of benzene rings is 1. The number of Topliss-reactive ketones (excluding diaryl/α,β-unsaturated/α-hetero) is 1. The van der Waals surface area contributed by atoms with Crippen LogP contribution in [0.5, 0.6) is 5.75 Å². The van der Waals surface area contributed by atoms with Gasteiger partial charge in [0.1, 0.15) is 0 Å². The number of hydrogen-bond acceptors (Lipinski definition) is 2. The summed E-state index contributed by atoms with van der Waals surface area (Å²) in [6, 6.07) is 3.31. The normalized spacial score (nSPS) is 25.7. The van der Waals surface area contributed by atoms with Crippen molar-refractivity contribution in [2.24, 2.45) is 23.7 Å². The Bertz CT molecular complexity index is 727. The molecule has 0 spiro atoms. The summed E-state index contributed by atoms with van der Waals surface area (Å²) in [6.45, 7) is 6.26. The van der Waals surface area contributed by atoms with Crippen LogP contribution in [0.25, 0.3) is 0 Å². The second-order valence-corrected chi connectivity index (χ2v) is 10.9. The van der Waals surface area contributed by atoms with E-state index in [1.54, 1.807) is 19.1 Å². The maximum atomic E-state index is 14.4. The van der Waals surface area contributed by atoms with Crippen molar-refractivity contribution in [3.63, 3.8) is 0 Å². The molecule has 3 heteroatoms. The fourth-order valence-corrected chi connectivity index (χ4v) is 6.56. The lowest BCUT2D eigenvalue weighted by Gasteiger charge is -2.38. The predicted octanol–water partition coefficient (Wildman–Crippen LogP) is 9.08. The third-order valence-electron chi connectivity index (χ3n) is 8.61. The molecule has 3 rings (SSSR count). The molecule has 1 aromatic rings. The molecule has 0 bridgehead atoms. The van der Waals surface area contributed by atoms with Crippen LogP contribution in [0.1, 0.15) is 126 Å². The van der Waals surface area contributed by atoms with Gasteiger partial charge in [-0.15, -0.1) is 0 Å². The molecular formula is C30H47FO2. The molecule has 33 heavy (non-hydrogen) atoms. The lowest BCUT2D eigenvalue weighted by Crippen LogP contribution is -2.25. The van der Waals surface area contributed by atoms with Crippen molar-refractivity contribution in [2.75, 3.05) is 6.61 Å². The van der Waals surface area contributed by atoms with Crippen LogP contribution in [0.15, 0.2) is 12.1 Å². The van der Waals surface area contributed by atoms with E-state index in [9.17, 15) is 9.18 Å². The molecule has 2 nitrogen and oxygen atoms in total. The number of rotatable bonds is 12. The molecule has 186 valence electrons. The summed E-state index contributed by atoms with van der Waals surface area (Å²) in [7, 11) is 0. The molecule has 0 heterocycles. The minimum atomic E-state index is -0.396. The largest absolute Gasteiger partial charge is 0.491 e. The Labute approximate surface area is 202 Å². The van der Waals surface area contributed by atoms with E-state index in [0.29, 0.717) is 24.2 Å². The minimum Gasteiger partial charge on any atom is -0.491 e. The SMILES string of the molecule is CCCC1CCC(C2CCC(CCCCCC(=O)c3ccc(OCC)c(F)c3C)CC2)CC1. The molecule has 2 saturated carbocycles. The zero-order chi connectivity index (χ0) is 23.6. The number of hydrogen-bond donors (Lipinski definition) is 0. The van der Waals surface area contributed by atoms with Gasteiger partial charge in [-0.05, 0) is 87.3 Å². The van der Waals surface area contributed by atoms with Crippen LogP contribution in [0.2, 0.25) is 0 Å². The highest BCUT2D eigenvalue weighted by Crippen LogP contribution is 2.43. The van der Waals surface area contributed by atoms with Gasteiger partial charge in [-0.3, -0.25) is 4.79 Å². The third kappa shape index (κ3) is 7.55. The monoisotopic (exact) mass is 458 g/mol. The van der Waals surface area contributed by atoms with Crippen LogP contribution in [0.3, 0.4) is 0 Å². The van der Waals surface area contributed by atoms with E-state index >= 15 is 0 Å². The van der Waals surface area contributed by atoms with Crippen LogP contribution in [-0.4, -0.2) is 12.4 Å². The summed E-state index contributed by atoms with van der Waals surface area (Å²) in [5, 5.41) is 0. The fraction of sp³-hybridized carbons (Fsp3) is 0.767. The molecular weight excluding hydrogens is 411 g/mol. The standard InChI is InChI=1S/C30H47FO2/c1-4-9-23-12-16-25(17-13-23)26-18-14-24(15-19-26)10-7-6-8-11-28(32)27-20-21-29(33-5-2)30(31)22(27)3/h20-21,23-26H,4-19H2,1-3H3. The Morgan fingerprint density at radius 3 is 2.06 bits per heavy atom. The summed E-state index contributed by atoms with van der Waals surface area (Å²) in [5.41, 5.74) is 0.930. The van der Waals surface area contributed by atoms with Crippen LogP contribution in [-0.2, 0) is 0 Å². The van der Waals surface area contributed by atoms with E-state index in [-0.39, 0.29) is 11.5 Å². The van der Waals surface area contributed by atoms with E-state index in [2.05, 4.69) is 6.92 Å². The van der Waals surface area contributed by atoms with E-state index < -0.39 is 5.82 Å². The van der Waals surface area contributed by atoms with Crippen LogP contribution >= 0.6 is 0 Å². The molecule has 0 atom stereocenters. The number of carbonyl (C=O) groups excluding carboxylic acids is 1. The van der Waals surface area contributed by atoms with Gasteiger partial charge in [0.15, 0.2) is 17.3 Å².